The number of amides is 1. The summed E-state index contributed by atoms with van der Waals surface area (Å²) < 4.78 is 14.2. The number of rotatable bonds is 11. The van der Waals surface area contributed by atoms with Crippen LogP contribution in [0.4, 0.5) is 10.5 Å². The summed E-state index contributed by atoms with van der Waals surface area (Å²) in [5, 5.41) is 39.7. The highest BCUT2D eigenvalue weighted by Crippen LogP contribution is 2.40. The van der Waals surface area contributed by atoms with Crippen molar-refractivity contribution in [3.8, 4) is 45.7 Å². The van der Waals surface area contributed by atoms with Gasteiger partial charge in [0.2, 0.25) is 0 Å². The van der Waals surface area contributed by atoms with E-state index in [1.165, 1.54) is 17.7 Å². The van der Waals surface area contributed by atoms with Crippen LogP contribution in [0.5, 0.6) is 17.2 Å². The summed E-state index contributed by atoms with van der Waals surface area (Å²) in [6.07, 6.45) is 0.663. The third-order valence-corrected chi connectivity index (χ3v) is 11.9. The van der Waals surface area contributed by atoms with Crippen molar-refractivity contribution in [2.24, 2.45) is 0 Å². The maximum absolute atomic E-state index is 13.8. The van der Waals surface area contributed by atoms with Gasteiger partial charge in [-0.15, -0.1) is 0 Å². The molecular formula is C45H47N7O9. The number of aryl methyl sites for hydroxylation is 1. The first kappa shape index (κ1) is 41.0. The molecule has 0 bridgehead atoms. The molecule has 1 saturated heterocycles. The van der Waals surface area contributed by atoms with E-state index in [-0.39, 0.29) is 59.5 Å². The number of anilines is 1. The van der Waals surface area contributed by atoms with Crippen molar-refractivity contribution < 1.29 is 34.4 Å². The number of H-pyrrole nitrogens is 1. The minimum atomic E-state index is -1.86. The highest BCUT2D eigenvalue weighted by molar-refractivity contribution is 5.90. The quantitative estimate of drug-likeness (QED) is 0.122. The summed E-state index contributed by atoms with van der Waals surface area (Å²) in [6, 6.07) is 17.2. The smallest absolute Gasteiger partial charge is 0.415 e. The lowest BCUT2D eigenvalue weighted by atomic mass is 9.89. The van der Waals surface area contributed by atoms with Gasteiger partial charge >= 0.3 is 11.8 Å². The molecule has 8 rings (SSSR count). The molecule has 1 atom stereocenters. The van der Waals surface area contributed by atoms with Crippen LogP contribution in [0.2, 0.25) is 0 Å². The number of ether oxygens (including phenoxy) is 2. The maximum atomic E-state index is 13.8. The number of aliphatic hydroxyl groups is 1. The lowest BCUT2D eigenvalue weighted by Crippen LogP contribution is -2.49. The fraction of sp³-hybridized carbons (Fsp3) is 0.333. The van der Waals surface area contributed by atoms with Gasteiger partial charge in [0, 0.05) is 67.1 Å². The van der Waals surface area contributed by atoms with Crippen LogP contribution in [0.25, 0.3) is 39.4 Å². The number of aromatic amines is 1. The fourth-order valence-electron chi connectivity index (χ4n) is 8.48. The number of benzene rings is 3. The molecule has 3 aromatic heterocycles. The number of aldehydes is 1. The molecule has 1 unspecified atom stereocenters. The predicted molar refractivity (Wildman–Crippen MR) is 228 cm³/mol. The van der Waals surface area contributed by atoms with Crippen molar-refractivity contribution >= 4 is 29.0 Å². The second-order valence-electron chi connectivity index (χ2n) is 15.7. The molecule has 61 heavy (non-hydrogen) atoms. The Hall–Kier alpha value is -6.78. The molecule has 0 radical (unpaired) electrons. The van der Waals surface area contributed by atoms with Gasteiger partial charge in [0.15, 0.2) is 12.1 Å². The highest BCUT2D eigenvalue weighted by atomic mass is 16.6. The Kier molecular flexibility index (Phi) is 10.8. The third-order valence-electron chi connectivity index (χ3n) is 11.9. The standard InChI is InChI=1S/C45H47N7O9/c1-6-29-31-18-28(12-13-36(31)46-40-33(29)22-51-37(40)20-35(45(59,7-2)24-53)34(23-60-5)42(51)56)61-44(58)50-16-14-49(15-17-50)26-8-10-27(11-9-26)52-41(47-48-43(52)57)32-19-30(25(3)4)38(54)21-39(32)55/h8-13,18-21,24-25,54-55,59H,6-7,14-17,22-23H2,1-5H3,(H,48,57). The average Bonchev–Trinajstić information content (AvgIpc) is 3.83. The van der Waals surface area contributed by atoms with Crippen LogP contribution in [0.1, 0.15) is 67.9 Å². The molecule has 6 aromatic rings. The molecule has 16 nitrogen and oxygen atoms in total. The summed E-state index contributed by atoms with van der Waals surface area (Å²) >= 11 is 0. The number of hydrogen-bond acceptors (Lipinski definition) is 12. The predicted octanol–water partition coefficient (Wildman–Crippen LogP) is 5.33. The molecule has 3 aromatic carbocycles. The summed E-state index contributed by atoms with van der Waals surface area (Å²) in [4.78, 5) is 61.1. The number of phenolic OH excluding ortho intramolecular Hbond substituents is 2. The molecule has 16 heteroatoms. The lowest BCUT2D eigenvalue weighted by Gasteiger charge is -2.35. The number of hydrogen-bond donors (Lipinski definition) is 4. The number of phenols is 2. The molecule has 0 saturated carbocycles. The van der Waals surface area contributed by atoms with Gasteiger partial charge < -0.3 is 39.2 Å². The molecule has 2 aliphatic heterocycles. The summed E-state index contributed by atoms with van der Waals surface area (Å²) in [6.45, 7) is 9.59. The number of aromatic nitrogens is 5. The summed E-state index contributed by atoms with van der Waals surface area (Å²) in [5.41, 5.74) is 3.64. The van der Waals surface area contributed by atoms with E-state index in [9.17, 15) is 34.5 Å². The molecule has 0 aliphatic carbocycles. The van der Waals surface area contributed by atoms with Gasteiger partial charge in [-0.05, 0) is 84.5 Å². The first-order valence-electron chi connectivity index (χ1n) is 20.3. The maximum Gasteiger partial charge on any atom is 0.415 e. The van der Waals surface area contributed by atoms with Crippen molar-refractivity contribution in [3.63, 3.8) is 0 Å². The van der Waals surface area contributed by atoms with E-state index >= 15 is 0 Å². The highest BCUT2D eigenvalue weighted by Gasteiger charge is 2.35. The van der Waals surface area contributed by atoms with Crippen molar-refractivity contribution in [1.29, 1.82) is 0 Å². The summed E-state index contributed by atoms with van der Waals surface area (Å²) in [5.74, 6) is 0.292. The van der Waals surface area contributed by atoms with Crippen molar-refractivity contribution in [2.75, 3.05) is 38.2 Å². The molecule has 4 N–H and O–H groups in total. The zero-order valence-electron chi connectivity index (χ0n) is 34.6. The number of carbonyl (C=O) groups excluding carboxylic acids is 2. The number of nitrogens with one attached hydrogen (secondary N) is 1. The fourth-order valence-corrected chi connectivity index (χ4v) is 8.48. The minimum absolute atomic E-state index is 0.0319. The normalized spacial score (nSPS) is 14.6. The van der Waals surface area contributed by atoms with E-state index in [4.69, 9.17) is 14.5 Å². The van der Waals surface area contributed by atoms with Crippen LogP contribution >= 0.6 is 0 Å². The second kappa shape index (κ2) is 16.0. The number of aromatic hydroxyl groups is 2. The van der Waals surface area contributed by atoms with Gasteiger partial charge in [-0.25, -0.2) is 24.2 Å². The molecule has 1 fully saturated rings. The van der Waals surface area contributed by atoms with Crippen molar-refractivity contribution in [3.05, 3.63) is 109 Å². The van der Waals surface area contributed by atoms with Gasteiger partial charge in [-0.3, -0.25) is 9.59 Å². The Morgan fingerprint density at radius 1 is 0.951 bits per heavy atom. The zero-order valence-corrected chi connectivity index (χ0v) is 34.6. The Labute approximate surface area is 350 Å². The van der Waals surface area contributed by atoms with Gasteiger partial charge in [0.1, 0.15) is 22.8 Å². The Morgan fingerprint density at radius 3 is 2.33 bits per heavy atom. The van der Waals surface area contributed by atoms with Crippen LogP contribution < -0.4 is 20.9 Å². The van der Waals surface area contributed by atoms with E-state index < -0.39 is 17.4 Å². The number of nitrogens with zero attached hydrogens (tertiary/aromatic N) is 6. The van der Waals surface area contributed by atoms with Gasteiger partial charge in [0.05, 0.1) is 41.3 Å². The van der Waals surface area contributed by atoms with Gasteiger partial charge in [0.25, 0.3) is 5.56 Å². The largest absolute Gasteiger partial charge is 0.508 e. The Bertz CT molecular complexity index is 2820. The SMILES string of the molecule is CCc1c2c(nc3ccc(OC(=O)N4CCN(c5ccc(-n6c(-c7cc(C(C)C)c(O)cc7O)n[nH]c6=O)cc5)CC4)cc13)-c1cc(C(O)(C=O)CC)c(COC)c(=O)n1C2. The van der Waals surface area contributed by atoms with Crippen molar-refractivity contribution in [1.82, 2.24) is 29.2 Å². The number of carbonyl (C=O) groups is 2. The van der Waals surface area contributed by atoms with Crippen molar-refractivity contribution in [2.45, 2.75) is 65.2 Å². The molecule has 2 aliphatic rings. The monoisotopic (exact) mass is 829 g/mol. The number of methoxy groups -OCH3 is 1. The van der Waals surface area contributed by atoms with E-state index in [1.54, 1.807) is 58.9 Å². The molecule has 316 valence electrons. The molecular weight excluding hydrogens is 783 g/mol. The molecule has 0 spiro atoms. The first-order chi connectivity index (χ1) is 29.3. The van der Waals surface area contributed by atoms with E-state index in [0.717, 1.165) is 22.2 Å². The van der Waals surface area contributed by atoms with Gasteiger partial charge in [-0.2, -0.15) is 5.10 Å². The number of fused-ring (bicyclic) bond motifs is 4. The topological polar surface area (TPSA) is 205 Å². The Morgan fingerprint density at radius 2 is 1.67 bits per heavy atom. The number of piperazine rings is 1. The van der Waals surface area contributed by atoms with E-state index in [2.05, 4.69) is 15.1 Å². The average molecular weight is 830 g/mol. The Balaban J connectivity index is 0.974. The molecule has 5 heterocycles. The summed E-state index contributed by atoms with van der Waals surface area (Å²) in [7, 11) is 1.46. The van der Waals surface area contributed by atoms with Crippen LogP contribution in [0.15, 0.2) is 70.3 Å². The van der Waals surface area contributed by atoms with E-state index in [0.29, 0.717) is 78.4 Å². The van der Waals surface area contributed by atoms with Crippen LogP contribution in [0.3, 0.4) is 0 Å². The van der Waals surface area contributed by atoms with Gasteiger partial charge in [-0.1, -0.05) is 27.7 Å². The lowest BCUT2D eigenvalue weighted by molar-refractivity contribution is -0.125. The van der Waals surface area contributed by atoms with E-state index in [1.807, 2.05) is 32.9 Å². The second-order valence-corrected chi connectivity index (χ2v) is 15.7. The van der Waals surface area contributed by atoms with Crippen LogP contribution in [-0.4, -0.2) is 90.2 Å². The first-order valence-corrected chi connectivity index (χ1v) is 20.3. The van der Waals surface area contributed by atoms with Crippen LogP contribution in [0, 0.1) is 0 Å². The number of pyridine rings is 2. The zero-order chi connectivity index (χ0) is 43.3. The minimum Gasteiger partial charge on any atom is -0.508 e. The third kappa shape index (κ3) is 7.10. The van der Waals surface area contributed by atoms with Crippen LogP contribution in [-0.2, 0) is 34.7 Å². The molecule has 1 amide bonds.